The zero-order chi connectivity index (χ0) is 26.7. The molecule has 3 aromatic carbocycles. The molecule has 0 amide bonds. The summed E-state index contributed by atoms with van der Waals surface area (Å²) in [5.41, 5.74) is 0.539. The van der Waals surface area contributed by atoms with Crippen LogP contribution in [0.15, 0.2) is 60.7 Å². The zero-order valence-corrected chi connectivity index (χ0v) is 18.5. The van der Waals surface area contributed by atoms with Crippen LogP contribution in [0.4, 0.5) is 26.3 Å². The minimum Gasteiger partial charge on any atom is -0.465 e. The van der Waals surface area contributed by atoms with Gasteiger partial charge in [0.25, 0.3) is 0 Å². The number of carbonyl (C=O) groups excluding carboxylic acids is 2. The fourth-order valence-corrected chi connectivity index (χ4v) is 3.36. The molecule has 0 fully saturated rings. The van der Waals surface area contributed by atoms with Crippen LogP contribution in [0.2, 0.25) is 0 Å². The molecule has 12 heteroatoms. The number of carbonyl (C=O) groups is 2. The number of benzene rings is 3. The highest BCUT2D eigenvalue weighted by Crippen LogP contribution is 2.35. The van der Waals surface area contributed by atoms with E-state index in [1.54, 1.807) is 0 Å². The van der Waals surface area contributed by atoms with Crippen LogP contribution >= 0.6 is 0 Å². The lowest BCUT2D eigenvalue weighted by Crippen LogP contribution is -2.17. The molecule has 36 heavy (non-hydrogen) atoms. The van der Waals surface area contributed by atoms with Crippen molar-refractivity contribution in [2.75, 3.05) is 14.2 Å². The zero-order valence-electron chi connectivity index (χ0n) is 18.5. The molecular formula is C24H16F6O6. The van der Waals surface area contributed by atoms with E-state index >= 15 is 0 Å². The second kappa shape index (κ2) is 10.2. The number of hydrogen-bond donors (Lipinski definition) is 0. The lowest BCUT2D eigenvalue weighted by atomic mass is 9.93. The van der Waals surface area contributed by atoms with Gasteiger partial charge in [-0.15, -0.1) is 26.3 Å². The van der Waals surface area contributed by atoms with Crippen molar-refractivity contribution in [2.24, 2.45) is 0 Å². The van der Waals surface area contributed by atoms with E-state index < -0.39 is 36.2 Å². The molecule has 0 spiro atoms. The number of rotatable bonds is 6. The van der Waals surface area contributed by atoms with Crippen molar-refractivity contribution in [2.45, 2.75) is 12.7 Å². The van der Waals surface area contributed by atoms with Gasteiger partial charge in [-0.05, 0) is 64.7 Å². The first-order valence-electron chi connectivity index (χ1n) is 9.88. The van der Waals surface area contributed by atoms with Gasteiger partial charge in [0.2, 0.25) is 0 Å². The minimum atomic E-state index is -4.99. The Labute approximate surface area is 200 Å². The van der Waals surface area contributed by atoms with Crippen molar-refractivity contribution in [3.05, 3.63) is 71.8 Å². The van der Waals surface area contributed by atoms with Crippen molar-refractivity contribution in [1.82, 2.24) is 0 Å². The maximum absolute atomic E-state index is 12.6. The molecule has 6 nitrogen and oxygen atoms in total. The van der Waals surface area contributed by atoms with Crippen LogP contribution in [0, 0.1) is 0 Å². The Hall–Kier alpha value is -4.22. The SMILES string of the molecule is COC(=O)c1cc(OC(F)(F)F)ccc1-c1cccc(-c2ccc(OC(F)(F)F)cc2C(=O)OC)c1. The van der Waals surface area contributed by atoms with Gasteiger partial charge in [-0.3, -0.25) is 0 Å². The van der Waals surface area contributed by atoms with Gasteiger partial charge in [0.1, 0.15) is 11.5 Å². The van der Waals surface area contributed by atoms with E-state index in [9.17, 15) is 35.9 Å². The molecule has 0 aliphatic heterocycles. The summed E-state index contributed by atoms with van der Waals surface area (Å²) in [6, 6.07) is 12.3. The standard InChI is InChI=1S/C24H16F6O6/c1-33-21(31)19-11-15(35-23(25,26)27)6-8-17(19)13-4-3-5-14(10-13)18-9-7-16(36-24(28,29)30)12-20(18)22(32)34-2/h3-12H,1-2H3. The molecule has 0 unspecified atom stereocenters. The molecule has 3 rings (SSSR count). The van der Waals surface area contributed by atoms with Gasteiger partial charge in [0.15, 0.2) is 0 Å². The van der Waals surface area contributed by atoms with Gasteiger partial charge in [-0.25, -0.2) is 9.59 Å². The second-order valence-corrected chi connectivity index (χ2v) is 7.07. The van der Waals surface area contributed by atoms with Gasteiger partial charge >= 0.3 is 24.7 Å². The average molecular weight is 514 g/mol. The lowest BCUT2D eigenvalue weighted by Gasteiger charge is -2.15. The third kappa shape index (κ3) is 6.46. The van der Waals surface area contributed by atoms with Gasteiger partial charge in [-0.1, -0.05) is 18.2 Å². The molecule has 0 aliphatic rings. The summed E-state index contributed by atoms with van der Waals surface area (Å²) in [6.45, 7) is 0. The molecule has 0 heterocycles. The Bertz CT molecular complexity index is 1190. The summed E-state index contributed by atoms with van der Waals surface area (Å²) >= 11 is 0. The Kier molecular flexibility index (Phi) is 7.46. The molecule has 0 saturated heterocycles. The largest absolute Gasteiger partial charge is 0.573 e. The van der Waals surface area contributed by atoms with E-state index in [-0.39, 0.29) is 22.3 Å². The maximum atomic E-state index is 12.6. The first kappa shape index (κ1) is 26.4. The van der Waals surface area contributed by atoms with Crippen molar-refractivity contribution in [3.8, 4) is 33.8 Å². The summed E-state index contributed by atoms with van der Waals surface area (Å²) in [7, 11) is 2.10. The third-order valence-electron chi connectivity index (χ3n) is 4.74. The second-order valence-electron chi connectivity index (χ2n) is 7.07. The predicted octanol–water partition coefficient (Wildman–Crippen LogP) is 6.39. The first-order valence-corrected chi connectivity index (χ1v) is 9.88. The summed E-state index contributed by atoms with van der Waals surface area (Å²) < 4.78 is 92.8. The summed E-state index contributed by atoms with van der Waals surface area (Å²) in [5.74, 6) is -3.16. The minimum absolute atomic E-state index is 0.176. The molecule has 0 bridgehead atoms. The van der Waals surface area contributed by atoms with E-state index in [0.717, 1.165) is 38.5 Å². The summed E-state index contributed by atoms with van der Waals surface area (Å²) in [5, 5.41) is 0. The van der Waals surface area contributed by atoms with Crippen LogP contribution in [0.25, 0.3) is 22.3 Å². The van der Waals surface area contributed by atoms with Crippen molar-refractivity contribution in [3.63, 3.8) is 0 Å². The van der Waals surface area contributed by atoms with E-state index in [2.05, 4.69) is 18.9 Å². The molecule has 0 N–H and O–H groups in total. The number of esters is 2. The highest BCUT2D eigenvalue weighted by Gasteiger charge is 2.32. The van der Waals surface area contributed by atoms with Crippen LogP contribution in [-0.4, -0.2) is 38.9 Å². The van der Waals surface area contributed by atoms with Gasteiger partial charge in [0, 0.05) is 0 Å². The van der Waals surface area contributed by atoms with Gasteiger partial charge < -0.3 is 18.9 Å². The fraction of sp³-hybridized carbons (Fsp3) is 0.167. The normalized spacial score (nSPS) is 11.6. The highest BCUT2D eigenvalue weighted by molar-refractivity contribution is 6.00. The number of alkyl halides is 6. The van der Waals surface area contributed by atoms with Crippen LogP contribution < -0.4 is 9.47 Å². The topological polar surface area (TPSA) is 71.1 Å². The van der Waals surface area contributed by atoms with Crippen molar-refractivity contribution < 1.29 is 54.9 Å². The Balaban J connectivity index is 2.11. The molecule has 0 aromatic heterocycles. The Morgan fingerprint density at radius 2 is 1.00 bits per heavy atom. The van der Waals surface area contributed by atoms with Crippen molar-refractivity contribution in [1.29, 1.82) is 0 Å². The predicted molar refractivity (Wildman–Crippen MR) is 113 cm³/mol. The van der Waals surface area contributed by atoms with Crippen LogP contribution in [0.5, 0.6) is 11.5 Å². The number of hydrogen-bond acceptors (Lipinski definition) is 6. The van der Waals surface area contributed by atoms with Crippen LogP contribution in [0.3, 0.4) is 0 Å². The van der Waals surface area contributed by atoms with E-state index in [0.29, 0.717) is 11.1 Å². The van der Waals surface area contributed by atoms with E-state index in [4.69, 9.17) is 0 Å². The van der Waals surface area contributed by atoms with Crippen LogP contribution in [0.1, 0.15) is 20.7 Å². The maximum Gasteiger partial charge on any atom is 0.573 e. The molecule has 0 aliphatic carbocycles. The monoisotopic (exact) mass is 514 g/mol. The van der Waals surface area contributed by atoms with Crippen LogP contribution in [-0.2, 0) is 9.47 Å². The number of ether oxygens (including phenoxy) is 4. The smallest absolute Gasteiger partial charge is 0.465 e. The Morgan fingerprint density at radius 1 is 0.611 bits per heavy atom. The van der Waals surface area contributed by atoms with Crippen molar-refractivity contribution >= 4 is 11.9 Å². The molecule has 0 radical (unpaired) electrons. The van der Waals surface area contributed by atoms with Gasteiger partial charge in [-0.2, -0.15) is 0 Å². The fourth-order valence-electron chi connectivity index (χ4n) is 3.36. The molecule has 0 saturated carbocycles. The van der Waals surface area contributed by atoms with E-state index in [1.165, 1.54) is 36.4 Å². The summed E-state index contributed by atoms with van der Waals surface area (Å²) in [4.78, 5) is 24.6. The number of halogens is 6. The molecular weight excluding hydrogens is 498 g/mol. The van der Waals surface area contributed by atoms with E-state index in [1.807, 2.05) is 0 Å². The lowest BCUT2D eigenvalue weighted by molar-refractivity contribution is -0.275. The highest BCUT2D eigenvalue weighted by atomic mass is 19.4. The number of methoxy groups -OCH3 is 2. The summed E-state index contributed by atoms with van der Waals surface area (Å²) in [6.07, 6.45) is -9.97. The molecule has 190 valence electrons. The van der Waals surface area contributed by atoms with Gasteiger partial charge in [0.05, 0.1) is 25.3 Å². The quantitative estimate of drug-likeness (QED) is 0.281. The molecule has 0 atom stereocenters. The Morgan fingerprint density at radius 3 is 1.33 bits per heavy atom. The molecule has 3 aromatic rings. The average Bonchev–Trinajstić information content (AvgIpc) is 2.81. The first-order chi connectivity index (χ1) is 16.8. The third-order valence-corrected chi connectivity index (χ3v) is 4.74.